The van der Waals surface area contributed by atoms with E-state index in [0.717, 1.165) is 26.3 Å². The molecule has 0 aliphatic carbocycles. The van der Waals surface area contributed by atoms with E-state index in [2.05, 4.69) is 24.8 Å². The normalized spacial score (nSPS) is 19.8. The molecule has 0 amide bonds. The first-order chi connectivity index (χ1) is 5.84. The number of allylic oxidation sites excluding steroid dienone is 2. The lowest BCUT2D eigenvalue weighted by atomic mass is 10.2. The van der Waals surface area contributed by atoms with Crippen LogP contribution in [0.3, 0.4) is 0 Å². The molecule has 12 heavy (non-hydrogen) atoms. The van der Waals surface area contributed by atoms with Gasteiger partial charge in [-0.2, -0.15) is 0 Å². The van der Waals surface area contributed by atoms with Crippen molar-refractivity contribution in [1.82, 2.24) is 4.90 Å². The van der Waals surface area contributed by atoms with Crippen LogP contribution in [0.15, 0.2) is 11.8 Å². The summed E-state index contributed by atoms with van der Waals surface area (Å²) < 4.78 is 5.29. The van der Waals surface area contributed by atoms with Crippen LogP contribution in [-0.2, 0) is 4.74 Å². The Labute approximate surface area is 75.2 Å². The Balaban J connectivity index is 2.33. The monoisotopic (exact) mass is 169 g/mol. The second-order valence-electron chi connectivity index (χ2n) is 3.23. The Kier molecular flexibility index (Phi) is 4.15. The summed E-state index contributed by atoms with van der Waals surface area (Å²) in [6.45, 7) is 8.30. The molecule has 0 bridgehead atoms. The molecule has 70 valence electrons. The fraction of sp³-hybridized carbons (Fsp3) is 0.800. The average molecular weight is 169 g/mol. The lowest BCUT2D eigenvalue weighted by Crippen LogP contribution is -2.34. The zero-order valence-corrected chi connectivity index (χ0v) is 8.18. The van der Waals surface area contributed by atoms with Crippen LogP contribution >= 0.6 is 0 Å². The molecule has 0 aromatic carbocycles. The summed E-state index contributed by atoms with van der Waals surface area (Å²) >= 11 is 0. The summed E-state index contributed by atoms with van der Waals surface area (Å²) in [5.41, 5.74) is 1.42. The lowest BCUT2D eigenvalue weighted by Gasteiger charge is -2.29. The Hall–Kier alpha value is -0.500. The predicted octanol–water partition coefficient (Wildman–Crippen LogP) is 2.02. The molecule has 0 spiro atoms. The predicted molar refractivity (Wildman–Crippen MR) is 51.1 cm³/mol. The van der Waals surface area contributed by atoms with Crippen molar-refractivity contribution in [1.29, 1.82) is 0 Å². The van der Waals surface area contributed by atoms with E-state index in [0.29, 0.717) is 0 Å². The Morgan fingerprint density at radius 3 is 2.67 bits per heavy atom. The molecule has 0 aromatic rings. The van der Waals surface area contributed by atoms with Gasteiger partial charge in [0.15, 0.2) is 0 Å². The summed E-state index contributed by atoms with van der Waals surface area (Å²) in [7, 11) is 0. The standard InChI is InChI=1S/C10H19NO/c1-3-4-5-10(2)11-6-8-12-9-7-11/h5H,3-4,6-9H2,1-2H3. The van der Waals surface area contributed by atoms with Crippen molar-refractivity contribution in [2.75, 3.05) is 26.3 Å². The van der Waals surface area contributed by atoms with Crippen LogP contribution < -0.4 is 0 Å². The Morgan fingerprint density at radius 2 is 2.08 bits per heavy atom. The van der Waals surface area contributed by atoms with Gasteiger partial charge in [-0.05, 0) is 13.3 Å². The summed E-state index contributed by atoms with van der Waals surface area (Å²) in [4.78, 5) is 2.40. The van der Waals surface area contributed by atoms with Crippen molar-refractivity contribution in [3.8, 4) is 0 Å². The Morgan fingerprint density at radius 1 is 1.42 bits per heavy atom. The smallest absolute Gasteiger partial charge is 0.0642 e. The van der Waals surface area contributed by atoms with Crippen LogP contribution in [0.2, 0.25) is 0 Å². The fourth-order valence-corrected chi connectivity index (χ4v) is 1.40. The fourth-order valence-electron chi connectivity index (χ4n) is 1.40. The zero-order chi connectivity index (χ0) is 8.81. The van der Waals surface area contributed by atoms with Crippen molar-refractivity contribution < 1.29 is 4.74 Å². The van der Waals surface area contributed by atoms with Crippen LogP contribution in [-0.4, -0.2) is 31.2 Å². The number of nitrogens with zero attached hydrogens (tertiary/aromatic N) is 1. The minimum Gasteiger partial charge on any atom is -0.378 e. The van der Waals surface area contributed by atoms with E-state index >= 15 is 0 Å². The minimum absolute atomic E-state index is 0.886. The lowest BCUT2D eigenvalue weighted by molar-refractivity contribution is 0.0536. The summed E-state index contributed by atoms with van der Waals surface area (Å²) in [5.74, 6) is 0. The molecule has 2 nitrogen and oxygen atoms in total. The molecule has 1 rings (SSSR count). The number of morpholine rings is 1. The molecular weight excluding hydrogens is 150 g/mol. The van der Waals surface area contributed by atoms with Gasteiger partial charge in [-0.3, -0.25) is 0 Å². The van der Waals surface area contributed by atoms with Gasteiger partial charge in [0.05, 0.1) is 13.2 Å². The van der Waals surface area contributed by atoms with Crippen LogP contribution in [0.25, 0.3) is 0 Å². The largest absolute Gasteiger partial charge is 0.378 e. The molecule has 0 aromatic heterocycles. The molecule has 2 heteroatoms. The maximum Gasteiger partial charge on any atom is 0.0642 e. The second-order valence-corrected chi connectivity index (χ2v) is 3.23. The van der Waals surface area contributed by atoms with Gasteiger partial charge in [0.25, 0.3) is 0 Å². The van der Waals surface area contributed by atoms with E-state index in [1.807, 2.05) is 0 Å². The van der Waals surface area contributed by atoms with E-state index in [1.165, 1.54) is 18.5 Å². The molecule has 1 aliphatic heterocycles. The molecule has 0 N–H and O–H groups in total. The maximum atomic E-state index is 5.29. The molecule has 0 unspecified atom stereocenters. The molecule has 1 fully saturated rings. The highest BCUT2D eigenvalue weighted by Crippen LogP contribution is 2.07. The van der Waals surface area contributed by atoms with Crippen molar-refractivity contribution in [3.63, 3.8) is 0 Å². The van der Waals surface area contributed by atoms with Crippen LogP contribution in [0.5, 0.6) is 0 Å². The van der Waals surface area contributed by atoms with Gasteiger partial charge in [0, 0.05) is 18.8 Å². The van der Waals surface area contributed by atoms with Gasteiger partial charge in [-0.25, -0.2) is 0 Å². The van der Waals surface area contributed by atoms with Crippen LogP contribution in [0.1, 0.15) is 26.7 Å². The molecule has 1 heterocycles. The average Bonchev–Trinajstić information content (AvgIpc) is 2.15. The Bertz CT molecular complexity index is 148. The maximum absolute atomic E-state index is 5.29. The van der Waals surface area contributed by atoms with E-state index in [1.54, 1.807) is 0 Å². The first kappa shape index (κ1) is 9.59. The molecule has 0 atom stereocenters. The topological polar surface area (TPSA) is 12.5 Å². The number of unbranched alkanes of at least 4 members (excludes halogenated alkanes) is 1. The highest BCUT2D eigenvalue weighted by atomic mass is 16.5. The van der Waals surface area contributed by atoms with Gasteiger partial charge in [0.1, 0.15) is 0 Å². The van der Waals surface area contributed by atoms with Crippen LogP contribution in [0.4, 0.5) is 0 Å². The third-order valence-corrected chi connectivity index (χ3v) is 2.24. The van der Waals surface area contributed by atoms with Gasteiger partial charge in [-0.1, -0.05) is 19.4 Å². The second kappa shape index (κ2) is 5.20. The van der Waals surface area contributed by atoms with Crippen LogP contribution in [0, 0.1) is 0 Å². The summed E-state index contributed by atoms with van der Waals surface area (Å²) in [6, 6.07) is 0. The number of rotatable bonds is 3. The number of hydrogen-bond donors (Lipinski definition) is 0. The van der Waals surface area contributed by atoms with Gasteiger partial charge in [0.2, 0.25) is 0 Å². The van der Waals surface area contributed by atoms with Gasteiger partial charge >= 0.3 is 0 Å². The highest BCUT2D eigenvalue weighted by Gasteiger charge is 2.09. The van der Waals surface area contributed by atoms with Crippen molar-refractivity contribution in [2.45, 2.75) is 26.7 Å². The van der Waals surface area contributed by atoms with Gasteiger partial charge < -0.3 is 9.64 Å². The van der Waals surface area contributed by atoms with Crippen molar-refractivity contribution in [2.24, 2.45) is 0 Å². The first-order valence-corrected chi connectivity index (χ1v) is 4.84. The van der Waals surface area contributed by atoms with E-state index in [-0.39, 0.29) is 0 Å². The molecule has 0 radical (unpaired) electrons. The van der Waals surface area contributed by atoms with E-state index in [4.69, 9.17) is 4.74 Å². The summed E-state index contributed by atoms with van der Waals surface area (Å²) in [6.07, 6.45) is 4.76. The molecule has 1 saturated heterocycles. The third-order valence-electron chi connectivity index (χ3n) is 2.24. The minimum atomic E-state index is 0.886. The van der Waals surface area contributed by atoms with E-state index in [9.17, 15) is 0 Å². The van der Waals surface area contributed by atoms with Gasteiger partial charge in [-0.15, -0.1) is 0 Å². The zero-order valence-electron chi connectivity index (χ0n) is 8.18. The number of ether oxygens (including phenoxy) is 1. The SMILES string of the molecule is CCCC=C(C)N1CCOCC1. The molecular formula is C10H19NO. The number of hydrogen-bond acceptors (Lipinski definition) is 2. The summed E-state index contributed by atoms with van der Waals surface area (Å²) in [5, 5.41) is 0. The quantitative estimate of drug-likeness (QED) is 0.641. The first-order valence-electron chi connectivity index (χ1n) is 4.84. The van der Waals surface area contributed by atoms with E-state index < -0.39 is 0 Å². The van der Waals surface area contributed by atoms with Crippen molar-refractivity contribution in [3.05, 3.63) is 11.8 Å². The highest BCUT2D eigenvalue weighted by molar-refractivity contribution is 4.97. The molecule has 1 aliphatic rings. The van der Waals surface area contributed by atoms with Crippen molar-refractivity contribution >= 4 is 0 Å². The third kappa shape index (κ3) is 2.86. The molecule has 0 saturated carbocycles.